The first kappa shape index (κ1) is 26.4. The molecule has 40 heavy (non-hydrogen) atoms. The Morgan fingerprint density at radius 3 is 2.50 bits per heavy atom. The fourth-order valence-electron chi connectivity index (χ4n) is 4.07. The molecule has 10 nitrogen and oxygen atoms in total. The molecule has 1 saturated heterocycles. The first-order valence-corrected chi connectivity index (χ1v) is 12.1. The van der Waals surface area contributed by atoms with Gasteiger partial charge in [0.2, 0.25) is 5.96 Å². The SMILES string of the molecule is CCc1ccccc1N1C(=O)CN/C1=N\C(=O)Nc1ccc(-c2ncn(-c3ccc(OC(F)(F)F)cc3)n2)cc1. The number of aromatic nitrogens is 3. The summed E-state index contributed by atoms with van der Waals surface area (Å²) in [4.78, 5) is 34.9. The van der Waals surface area contributed by atoms with Gasteiger partial charge >= 0.3 is 12.4 Å². The summed E-state index contributed by atoms with van der Waals surface area (Å²) in [5, 5.41) is 9.91. The van der Waals surface area contributed by atoms with Gasteiger partial charge in [0.15, 0.2) is 5.82 Å². The van der Waals surface area contributed by atoms with Gasteiger partial charge in [0, 0.05) is 11.3 Å². The monoisotopic (exact) mass is 549 g/mol. The van der Waals surface area contributed by atoms with E-state index in [1.165, 1.54) is 40.2 Å². The minimum atomic E-state index is -4.77. The number of ether oxygens (including phenoxy) is 1. The molecule has 1 aromatic heterocycles. The summed E-state index contributed by atoms with van der Waals surface area (Å²) in [6, 6.07) is 18.7. The highest BCUT2D eigenvalue weighted by atomic mass is 19.4. The van der Waals surface area contributed by atoms with Crippen LogP contribution in [0.3, 0.4) is 0 Å². The number of urea groups is 1. The smallest absolute Gasteiger partial charge is 0.406 e. The van der Waals surface area contributed by atoms with E-state index < -0.39 is 12.4 Å². The highest BCUT2D eigenvalue weighted by molar-refractivity contribution is 6.24. The Balaban J connectivity index is 1.26. The number of carbonyl (C=O) groups excluding carboxylic acids is 2. The molecule has 5 rings (SSSR count). The zero-order chi connectivity index (χ0) is 28.3. The first-order valence-electron chi connectivity index (χ1n) is 12.1. The van der Waals surface area contributed by atoms with Gasteiger partial charge in [0.25, 0.3) is 5.91 Å². The standard InChI is InChI=1S/C27H22F3N7O3/c1-2-17-5-3-4-6-22(17)37-23(38)15-31-25(37)34-26(39)33-19-9-7-18(8-10-19)24-32-16-36(35-24)20-11-13-21(14-12-20)40-27(28,29)30/h3-14,16H,2,15H2,1H3,(H2,31,33,34,39). The summed E-state index contributed by atoms with van der Waals surface area (Å²) in [6.07, 6.45) is -2.63. The molecule has 13 heteroatoms. The molecule has 0 bridgehead atoms. The Labute approximate surface area is 226 Å². The zero-order valence-corrected chi connectivity index (χ0v) is 21.0. The van der Waals surface area contributed by atoms with Crippen LogP contribution in [0.1, 0.15) is 12.5 Å². The number of benzene rings is 3. The number of aryl methyl sites for hydroxylation is 1. The number of amides is 3. The van der Waals surface area contributed by atoms with Gasteiger partial charge in [-0.15, -0.1) is 18.3 Å². The van der Waals surface area contributed by atoms with Crippen LogP contribution in [0.2, 0.25) is 0 Å². The summed E-state index contributed by atoms with van der Waals surface area (Å²) >= 11 is 0. The van der Waals surface area contributed by atoms with Crippen LogP contribution in [0.4, 0.5) is 29.3 Å². The van der Waals surface area contributed by atoms with E-state index in [4.69, 9.17) is 0 Å². The second kappa shape index (κ2) is 10.9. The third-order valence-corrected chi connectivity index (χ3v) is 5.90. The molecule has 0 saturated carbocycles. The predicted molar refractivity (Wildman–Crippen MR) is 141 cm³/mol. The van der Waals surface area contributed by atoms with Gasteiger partial charge in [-0.25, -0.2) is 19.4 Å². The van der Waals surface area contributed by atoms with Crippen LogP contribution in [0.15, 0.2) is 84.1 Å². The Hall–Kier alpha value is -5.20. The lowest BCUT2D eigenvalue weighted by Crippen LogP contribution is -2.34. The summed E-state index contributed by atoms with van der Waals surface area (Å²) in [5.74, 6) is -0.0390. The van der Waals surface area contributed by atoms with Gasteiger partial charge in [0.05, 0.1) is 17.9 Å². The van der Waals surface area contributed by atoms with Crippen molar-refractivity contribution in [2.75, 3.05) is 16.8 Å². The summed E-state index contributed by atoms with van der Waals surface area (Å²) < 4.78 is 42.4. The fraction of sp³-hybridized carbons (Fsp3) is 0.148. The van der Waals surface area contributed by atoms with Crippen molar-refractivity contribution >= 4 is 29.3 Å². The number of hydrogen-bond donors (Lipinski definition) is 2. The summed E-state index contributed by atoms with van der Waals surface area (Å²) in [5.41, 5.74) is 3.22. The Morgan fingerprint density at radius 1 is 1.07 bits per heavy atom. The van der Waals surface area contributed by atoms with Gasteiger partial charge in [-0.05, 0) is 66.6 Å². The second-order valence-electron chi connectivity index (χ2n) is 8.56. The molecule has 0 spiro atoms. The maximum Gasteiger partial charge on any atom is 0.573 e. The number of halogens is 3. The molecule has 1 fully saturated rings. The Bertz CT molecular complexity index is 1570. The number of nitrogens with zero attached hydrogens (tertiary/aromatic N) is 5. The van der Waals surface area contributed by atoms with Crippen molar-refractivity contribution in [2.45, 2.75) is 19.7 Å². The van der Waals surface area contributed by atoms with Crippen LogP contribution < -0.4 is 20.3 Å². The third kappa shape index (κ3) is 5.93. The van der Waals surface area contributed by atoms with Gasteiger partial charge < -0.3 is 15.4 Å². The third-order valence-electron chi connectivity index (χ3n) is 5.90. The lowest BCUT2D eigenvalue weighted by atomic mass is 10.1. The molecule has 3 aromatic carbocycles. The number of guanidine groups is 1. The molecule has 3 amide bonds. The van der Waals surface area contributed by atoms with Crippen LogP contribution in [0.25, 0.3) is 17.1 Å². The predicted octanol–water partition coefficient (Wildman–Crippen LogP) is 4.92. The lowest BCUT2D eigenvalue weighted by molar-refractivity contribution is -0.274. The number of para-hydroxylation sites is 1. The van der Waals surface area contributed by atoms with Crippen molar-refractivity contribution in [1.29, 1.82) is 0 Å². The van der Waals surface area contributed by atoms with Crippen LogP contribution in [-0.4, -0.2) is 45.6 Å². The van der Waals surface area contributed by atoms with Gasteiger partial charge in [0.1, 0.15) is 12.1 Å². The van der Waals surface area contributed by atoms with Crippen molar-refractivity contribution in [2.24, 2.45) is 4.99 Å². The molecule has 204 valence electrons. The zero-order valence-electron chi connectivity index (χ0n) is 21.0. The molecule has 0 unspecified atom stereocenters. The minimum absolute atomic E-state index is 0.0317. The van der Waals surface area contributed by atoms with Crippen LogP contribution >= 0.6 is 0 Å². The van der Waals surface area contributed by atoms with E-state index in [2.05, 4.69) is 30.4 Å². The Kier molecular flexibility index (Phi) is 7.19. The lowest BCUT2D eigenvalue weighted by Gasteiger charge is -2.18. The number of anilines is 2. The molecule has 1 aliphatic rings. The molecule has 2 N–H and O–H groups in total. The highest BCUT2D eigenvalue weighted by Crippen LogP contribution is 2.25. The van der Waals surface area contributed by atoms with Crippen molar-refractivity contribution in [3.05, 3.63) is 84.7 Å². The van der Waals surface area contributed by atoms with E-state index in [9.17, 15) is 22.8 Å². The molecule has 2 heterocycles. The molecule has 0 aliphatic carbocycles. The average Bonchev–Trinajstić information content (AvgIpc) is 3.56. The molecular weight excluding hydrogens is 527 g/mol. The Morgan fingerprint density at radius 2 is 1.80 bits per heavy atom. The normalized spacial score (nSPS) is 14.3. The number of aliphatic imine (C=N–C) groups is 1. The molecule has 0 atom stereocenters. The van der Waals surface area contributed by atoms with Crippen molar-refractivity contribution in [3.8, 4) is 22.8 Å². The summed E-state index contributed by atoms with van der Waals surface area (Å²) in [6.45, 7) is 2.01. The van der Waals surface area contributed by atoms with E-state index in [0.29, 0.717) is 34.9 Å². The molecular formula is C27H22F3N7O3. The highest BCUT2D eigenvalue weighted by Gasteiger charge is 2.31. The van der Waals surface area contributed by atoms with Gasteiger partial charge in [-0.1, -0.05) is 25.1 Å². The van der Waals surface area contributed by atoms with Crippen molar-refractivity contribution in [1.82, 2.24) is 20.1 Å². The van der Waals surface area contributed by atoms with Gasteiger partial charge in [-0.3, -0.25) is 4.79 Å². The second-order valence-corrected chi connectivity index (χ2v) is 8.56. The summed E-state index contributed by atoms with van der Waals surface area (Å²) in [7, 11) is 0. The van der Waals surface area contributed by atoms with Gasteiger partial charge in [-0.2, -0.15) is 4.99 Å². The largest absolute Gasteiger partial charge is 0.573 e. The molecule has 1 aliphatic heterocycles. The number of alkyl halides is 3. The quantitative estimate of drug-likeness (QED) is 0.353. The van der Waals surface area contributed by atoms with E-state index in [1.54, 1.807) is 24.3 Å². The van der Waals surface area contributed by atoms with E-state index in [0.717, 1.165) is 5.56 Å². The van der Waals surface area contributed by atoms with Crippen molar-refractivity contribution < 1.29 is 27.5 Å². The number of rotatable bonds is 6. The number of hydrogen-bond acceptors (Lipinski definition) is 5. The maximum absolute atomic E-state index is 12.6. The minimum Gasteiger partial charge on any atom is -0.406 e. The molecule has 4 aromatic rings. The number of carbonyl (C=O) groups is 2. The first-order chi connectivity index (χ1) is 19.2. The topological polar surface area (TPSA) is 114 Å². The molecule has 0 radical (unpaired) electrons. The van der Waals surface area contributed by atoms with E-state index in [1.807, 2.05) is 31.2 Å². The number of nitrogens with one attached hydrogen (secondary N) is 2. The van der Waals surface area contributed by atoms with Crippen LogP contribution in [0.5, 0.6) is 5.75 Å². The van der Waals surface area contributed by atoms with Crippen molar-refractivity contribution in [3.63, 3.8) is 0 Å². The van der Waals surface area contributed by atoms with Crippen LogP contribution in [0, 0.1) is 0 Å². The fourth-order valence-corrected chi connectivity index (χ4v) is 4.07. The van der Waals surface area contributed by atoms with Crippen LogP contribution in [-0.2, 0) is 11.2 Å². The maximum atomic E-state index is 12.6. The van der Waals surface area contributed by atoms with E-state index in [-0.39, 0.29) is 24.2 Å². The van der Waals surface area contributed by atoms with E-state index >= 15 is 0 Å². The average molecular weight is 550 g/mol.